The maximum absolute atomic E-state index is 11.8. The Kier molecular flexibility index (Phi) is 4.96. The largest absolute Gasteiger partial charge is 0.352 e. The lowest BCUT2D eigenvalue weighted by Crippen LogP contribution is -2.48. The van der Waals surface area contributed by atoms with E-state index in [2.05, 4.69) is 16.8 Å². The molecule has 1 fully saturated rings. The SMILES string of the molecule is CN1CC(NC(=O)CCCc2cccs2)CCC1=O. The topological polar surface area (TPSA) is 49.4 Å². The maximum Gasteiger partial charge on any atom is 0.222 e. The van der Waals surface area contributed by atoms with Gasteiger partial charge in [0.2, 0.25) is 11.8 Å². The summed E-state index contributed by atoms with van der Waals surface area (Å²) >= 11 is 1.73. The van der Waals surface area contributed by atoms with Crippen LogP contribution in [0.15, 0.2) is 17.5 Å². The van der Waals surface area contributed by atoms with Crippen molar-refractivity contribution in [3.8, 4) is 0 Å². The molecule has 1 N–H and O–H groups in total. The number of piperidine rings is 1. The van der Waals surface area contributed by atoms with E-state index in [1.165, 1.54) is 4.88 Å². The molecule has 0 aromatic carbocycles. The number of hydrogen-bond acceptors (Lipinski definition) is 3. The van der Waals surface area contributed by atoms with E-state index < -0.39 is 0 Å². The van der Waals surface area contributed by atoms with E-state index in [9.17, 15) is 9.59 Å². The third-order valence-electron chi connectivity index (χ3n) is 3.40. The second kappa shape index (κ2) is 6.70. The molecule has 1 unspecified atom stereocenters. The van der Waals surface area contributed by atoms with E-state index in [0.717, 1.165) is 19.3 Å². The standard InChI is InChI=1S/C14H20N2O2S/c1-16-10-11(7-8-14(16)18)15-13(17)6-2-4-12-5-3-9-19-12/h3,5,9,11H,2,4,6-8,10H2,1H3,(H,15,17). The lowest BCUT2D eigenvalue weighted by Gasteiger charge is -2.30. The molecule has 1 aromatic rings. The molecule has 1 aromatic heterocycles. The van der Waals surface area contributed by atoms with Gasteiger partial charge in [0.25, 0.3) is 0 Å². The predicted molar refractivity (Wildman–Crippen MR) is 76.1 cm³/mol. The average molecular weight is 280 g/mol. The van der Waals surface area contributed by atoms with Crippen molar-refractivity contribution >= 4 is 23.2 Å². The minimum absolute atomic E-state index is 0.101. The zero-order valence-corrected chi connectivity index (χ0v) is 12.0. The number of nitrogens with zero attached hydrogens (tertiary/aromatic N) is 1. The van der Waals surface area contributed by atoms with Gasteiger partial charge in [0.05, 0.1) is 0 Å². The van der Waals surface area contributed by atoms with E-state index in [1.807, 2.05) is 6.07 Å². The zero-order chi connectivity index (χ0) is 13.7. The van der Waals surface area contributed by atoms with Gasteiger partial charge in [-0.15, -0.1) is 11.3 Å². The van der Waals surface area contributed by atoms with E-state index in [4.69, 9.17) is 0 Å². The lowest BCUT2D eigenvalue weighted by atomic mass is 10.1. The fourth-order valence-electron chi connectivity index (χ4n) is 2.31. The Bertz CT molecular complexity index is 431. The summed E-state index contributed by atoms with van der Waals surface area (Å²) < 4.78 is 0. The Balaban J connectivity index is 1.65. The van der Waals surface area contributed by atoms with Gasteiger partial charge in [0.15, 0.2) is 0 Å². The van der Waals surface area contributed by atoms with Gasteiger partial charge in [-0.25, -0.2) is 0 Å². The van der Waals surface area contributed by atoms with Crippen LogP contribution in [0.3, 0.4) is 0 Å². The van der Waals surface area contributed by atoms with Crippen LogP contribution >= 0.6 is 11.3 Å². The number of aryl methyl sites for hydroxylation is 1. The average Bonchev–Trinajstić information content (AvgIpc) is 2.87. The highest BCUT2D eigenvalue weighted by molar-refractivity contribution is 7.09. The molecule has 2 rings (SSSR count). The van der Waals surface area contributed by atoms with Crippen LogP contribution in [0.2, 0.25) is 0 Å². The number of likely N-dealkylation sites (N-methyl/N-ethyl adjacent to an activating group) is 1. The summed E-state index contributed by atoms with van der Waals surface area (Å²) in [5, 5.41) is 5.08. The summed E-state index contributed by atoms with van der Waals surface area (Å²) in [7, 11) is 1.79. The zero-order valence-electron chi connectivity index (χ0n) is 11.2. The monoisotopic (exact) mass is 280 g/mol. The Hall–Kier alpha value is -1.36. The summed E-state index contributed by atoms with van der Waals surface area (Å²) in [6.07, 6.45) is 3.71. The van der Waals surface area contributed by atoms with E-state index in [-0.39, 0.29) is 17.9 Å². The van der Waals surface area contributed by atoms with Crippen molar-refractivity contribution in [3.05, 3.63) is 22.4 Å². The highest BCUT2D eigenvalue weighted by atomic mass is 32.1. The fourth-order valence-corrected chi connectivity index (χ4v) is 3.06. The molecule has 104 valence electrons. The van der Waals surface area contributed by atoms with Gasteiger partial charge in [-0.05, 0) is 30.7 Å². The Morgan fingerprint density at radius 3 is 3.11 bits per heavy atom. The first-order chi connectivity index (χ1) is 9.15. The molecule has 4 nitrogen and oxygen atoms in total. The van der Waals surface area contributed by atoms with Gasteiger partial charge in [0, 0.05) is 37.4 Å². The number of nitrogens with one attached hydrogen (secondary N) is 1. The summed E-state index contributed by atoms with van der Waals surface area (Å²) in [4.78, 5) is 26.2. The van der Waals surface area contributed by atoms with Gasteiger partial charge in [0.1, 0.15) is 0 Å². The minimum Gasteiger partial charge on any atom is -0.352 e. The molecule has 2 amide bonds. The number of likely N-dealkylation sites (tertiary alicyclic amines) is 1. The normalized spacial score (nSPS) is 19.5. The number of amides is 2. The molecule has 19 heavy (non-hydrogen) atoms. The van der Waals surface area contributed by atoms with Crippen LogP contribution in [0.5, 0.6) is 0 Å². The molecule has 1 atom stereocenters. The van der Waals surface area contributed by atoms with Crippen molar-refractivity contribution in [1.82, 2.24) is 10.2 Å². The predicted octanol–water partition coefficient (Wildman–Crippen LogP) is 1.81. The number of hydrogen-bond donors (Lipinski definition) is 1. The molecule has 0 aliphatic carbocycles. The molecular formula is C14H20N2O2S. The van der Waals surface area contributed by atoms with E-state index in [1.54, 1.807) is 23.3 Å². The molecule has 5 heteroatoms. The minimum atomic E-state index is 0.101. The molecule has 0 radical (unpaired) electrons. The van der Waals surface area contributed by atoms with Gasteiger partial charge in [-0.2, -0.15) is 0 Å². The number of thiophene rings is 1. The molecular weight excluding hydrogens is 260 g/mol. The van der Waals surface area contributed by atoms with Gasteiger partial charge in [-0.3, -0.25) is 9.59 Å². The first kappa shape index (κ1) is 14.1. The number of rotatable bonds is 5. The third kappa shape index (κ3) is 4.35. The quantitative estimate of drug-likeness (QED) is 0.894. The Morgan fingerprint density at radius 1 is 1.58 bits per heavy atom. The first-order valence-corrected chi connectivity index (χ1v) is 7.59. The molecule has 1 aliphatic heterocycles. The lowest BCUT2D eigenvalue weighted by molar-refractivity contribution is -0.134. The molecule has 0 spiro atoms. The number of carbonyl (C=O) groups excluding carboxylic acids is 2. The number of carbonyl (C=O) groups is 2. The van der Waals surface area contributed by atoms with Crippen molar-refractivity contribution in [1.29, 1.82) is 0 Å². The van der Waals surface area contributed by atoms with Crippen molar-refractivity contribution in [2.75, 3.05) is 13.6 Å². The molecule has 1 saturated heterocycles. The Morgan fingerprint density at radius 2 is 2.42 bits per heavy atom. The van der Waals surface area contributed by atoms with Crippen molar-refractivity contribution in [2.45, 2.75) is 38.1 Å². The summed E-state index contributed by atoms with van der Waals surface area (Å²) in [6, 6.07) is 4.26. The second-order valence-corrected chi connectivity index (χ2v) is 6.04. The van der Waals surface area contributed by atoms with Crippen LogP contribution in [0.25, 0.3) is 0 Å². The smallest absolute Gasteiger partial charge is 0.222 e. The third-order valence-corrected chi connectivity index (χ3v) is 4.34. The van der Waals surface area contributed by atoms with Crippen molar-refractivity contribution in [3.63, 3.8) is 0 Å². The molecule has 2 heterocycles. The van der Waals surface area contributed by atoms with Gasteiger partial charge in [-0.1, -0.05) is 6.07 Å². The van der Waals surface area contributed by atoms with Crippen LogP contribution in [-0.2, 0) is 16.0 Å². The second-order valence-electron chi connectivity index (χ2n) is 5.01. The highest BCUT2D eigenvalue weighted by Crippen LogP contribution is 2.13. The van der Waals surface area contributed by atoms with Gasteiger partial charge < -0.3 is 10.2 Å². The van der Waals surface area contributed by atoms with Crippen LogP contribution in [0.4, 0.5) is 0 Å². The van der Waals surface area contributed by atoms with E-state index in [0.29, 0.717) is 19.4 Å². The summed E-state index contributed by atoms with van der Waals surface area (Å²) in [6.45, 7) is 0.634. The maximum atomic E-state index is 11.8. The van der Waals surface area contributed by atoms with Gasteiger partial charge >= 0.3 is 0 Å². The van der Waals surface area contributed by atoms with Crippen LogP contribution in [0, 0.1) is 0 Å². The van der Waals surface area contributed by atoms with Crippen molar-refractivity contribution < 1.29 is 9.59 Å². The molecule has 0 saturated carbocycles. The highest BCUT2D eigenvalue weighted by Gasteiger charge is 2.23. The van der Waals surface area contributed by atoms with E-state index >= 15 is 0 Å². The molecule has 0 bridgehead atoms. The van der Waals surface area contributed by atoms with Crippen LogP contribution in [0.1, 0.15) is 30.6 Å². The molecule has 1 aliphatic rings. The first-order valence-electron chi connectivity index (χ1n) is 6.71. The fraction of sp³-hybridized carbons (Fsp3) is 0.571. The van der Waals surface area contributed by atoms with Crippen molar-refractivity contribution in [2.24, 2.45) is 0 Å². The van der Waals surface area contributed by atoms with Crippen LogP contribution in [-0.4, -0.2) is 36.3 Å². The van der Waals surface area contributed by atoms with Crippen LogP contribution < -0.4 is 5.32 Å². The Labute approximate surface area is 117 Å². The summed E-state index contributed by atoms with van der Waals surface area (Å²) in [5.41, 5.74) is 0. The summed E-state index contributed by atoms with van der Waals surface area (Å²) in [5.74, 6) is 0.271.